The number of nitrogens with zero attached hydrogens (tertiary/aromatic N) is 1. The van der Waals surface area contributed by atoms with Crippen LogP contribution in [0.2, 0.25) is 0 Å². The number of allylic oxidation sites excluding steroid dienone is 1. The molecular weight excluding hydrogens is 166 g/mol. The number of hydrogen-bond acceptors (Lipinski definition) is 3. The molecule has 0 atom stereocenters. The van der Waals surface area contributed by atoms with E-state index in [1.165, 1.54) is 0 Å². The van der Waals surface area contributed by atoms with Crippen LogP contribution < -0.4 is 4.74 Å². The first-order valence-corrected chi connectivity index (χ1v) is 4.03. The van der Waals surface area contributed by atoms with Gasteiger partial charge in [0.1, 0.15) is 5.75 Å². The van der Waals surface area contributed by atoms with E-state index in [1.807, 2.05) is 6.07 Å². The molecule has 66 valence electrons. The molecule has 0 radical (unpaired) electrons. The molecule has 1 aromatic heterocycles. The fourth-order valence-electron chi connectivity index (χ4n) is 1.32. The van der Waals surface area contributed by atoms with Crippen LogP contribution in [0.15, 0.2) is 18.3 Å². The van der Waals surface area contributed by atoms with Crippen LogP contribution in [0, 0.1) is 0 Å². The number of rotatable bonds is 1. The Balaban J connectivity index is 2.46. The Hall–Kier alpha value is -1.64. The van der Waals surface area contributed by atoms with E-state index in [9.17, 15) is 4.79 Å². The summed E-state index contributed by atoms with van der Waals surface area (Å²) in [5, 5.41) is 0. The summed E-state index contributed by atoms with van der Waals surface area (Å²) in [6.07, 6.45) is 5.37. The van der Waals surface area contributed by atoms with Gasteiger partial charge in [0.05, 0.1) is 19.0 Å². The third kappa shape index (κ3) is 1.45. The number of fused-ring (bicyclic) bond motifs is 1. The van der Waals surface area contributed by atoms with Crippen LogP contribution in [0.5, 0.6) is 5.75 Å². The van der Waals surface area contributed by atoms with Crippen LogP contribution in [0.4, 0.5) is 0 Å². The number of pyridine rings is 1. The molecule has 0 unspecified atom stereocenters. The Morgan fingerprint density at radius 2 is 2.31 bits per heavy atom. The molecule has 3 heteroatoms. The Bertz CT molecular complexity index is 383. The van der Waals surface area contributed by atoms with Crippen molar-refractivity contribution in [2.45, 2.75) is 6.42 Å². The molecule has 2 rings (SSSR count). The number of hydrogen-bond donors (Lipinski definition) is 0. The topological polar surface area (TPSA) is 39.2 Å². The van der Waals surface area contributed by atoms with Gasteiger partial charge >= 0.3 is 0 Å². The van der Waals surface area contributed by atoms with Crippen molar-refractivity contribution < 1.29 is 9.53 Å². The summed E-state index contributed by atoms with van der Waals surface area (Å²) < 4.78 is 5.02. The Kier molecular flexibility index (Phi) is 1.85. The largest absolute Gasteiger partial charge is 0.495 e. The molecule has 1 aliphatic carbocycles. The van der Waals surface area contributed by atoms with Crippen molar-refractivity contribution in [2.75, 3.05) is 7.11 Å². The highest BCUT2D eigenvalue weighted by atomic mass is 16.5. The highest BCUT2D eigenvalue weighted by molar-refractivity contribution is 5.97. The lowest BCUT2D eigenvalue weighted by atomic mass is 10.0. The number of methoxy groups -OCH3 is 1. The van der Waals surface area contributed by atoms with Crippen LogP contribution in [0.3, 0.4) is 0 Å². The van der Waals surface area contributed by atoms with Gasteiger partial charge in [-0.1, -0.05) is 0 Å². The maximum absolute atomic E-state index is 11.1. The highest BCUT2D eigenvalue weighted by Crippen LogP contribution is 2.19. The van der Waals surface area contributed by atoms with E-state index in [0.29, 0.717) is 12.2 Å². The van der Waals surface area contributed by atoms with Crippen LogP contribution >= 0.6 is 0 Å². The second-order valence-corrected chi connectivity index (χ2v) is 2.90. The molecule has 0 bridgehead atoms. The normalized spacial score (nSPS) is 14.1. The van der Waals surface area contributed by atoms with E-state index >= 15 is 0 Å². The lowest BCUT2D eigenvalue weighted by molar-refractivity contribution is -0.114. The van der Waals surface area contributed by atoms with Gasteiger partial charge < -0.3 is 4.74 Å². The quantitative estimate of drug-likeness (QED) is 0.644. The molecule has 0 fully saturated rings. The number of ether oxygens (including phenoxy) is 1. The van der Waals surface area contributed by atoms with Gasteiger partial charge in [-0.3, -0.25) is 9.78 Å². The van der Waals surface area contributed by atoms with Crippen molar-refractivity contribution in [3.63, 3.8) is 0 Å². The molecule has 13 heavy (non-hydrogen) atoms. The van der Waals surface area contributed by atoms with E-state index in [1.54, 1.807) is 25.5 Å². The van der Waals surface area contributed by atoms with Gasteiger partial charge in [-0.05, 0) is 23.8 Å². The second kappa shape index (κ2) is 3.01. The predicted octanol–water partition coefficient (Wildman–Crippen LogP) is 1.23. The van der Waals surface area contributed by atoms with Crippen molar-refractivity contribution in [1.29, 1.82) is 0 Å². The van der Waals surface area contributed by atoms with Crippen molar-refractivity contribution in [2.24, 2.45) is 0 Å². The minimum atomic E-state index is 0.113. The zero-order valence-electron chi connectivity index (χ0n) is 7.28. The van der Waals surface area contributed by atoms with Gasteiger partial charge in [0.25, 0.3) is 0 Å². The molecule has 0 N–H and O–H groups in total. The number of ketones is 1. The maximum Gasteiger partial charge on any atom is 0.160 e. The lowest BCUT2D eigenvalue weighted by Crippen LogP contribution is -2.06. The van der Waals surface area contributed by atoms with Gasteiger partial charge in [-0.25, -0.2) is 0 Å². The zero-order chi connectivity index (χ0) is 9.26. The number of aromatic nitrogens is 1. The van der Waals surface area contributed by atoms with Crippen LogP contribution in [0.25, 0.3) is 6.08 Å². The Labute approximate surface area is 76.1 Å². The summed E-state index contributed by atoms with van der Waals surface area (Å²) in [6.45, 7) is 0. The molecule has 3 nitrogen and oxygen atoms in total. The summed E-state index contributed by atoms with van der Waals surface area (Å²) in [7, 11) is 1.59. The fourth-order valence-corrected chi connectivity index (χ4v) is 1.32. The molecule has 1 heterocycles. The van der Waals surface area contributed by atoms with Gasteiger partial charge in [-0.2, -0.15) is 0 Å². The molecule has 0 aromatic carbocycles. The van der Waals surface area contributed by atoms with Gasteiger partial charge in [0.2, 0.25) is 0 Å². The first-order chi connectivity index (χ1) is 6.29. The molecular formula is C10H9NO2. The second-order valence-electron chi connectivity index (χ2n) is 2.90. The lowest BCUT2D eigenvalue weighted by Gasteiger charge is -2.09. The average molecular weight is 175 g/mol. The van der Waals surface area contributed by atoms with Gasteiger partial charge in [-0.15, -0.1) is 0 Å². The molecule has 1 aliphatic rings. The van der Waals surface area contributed by atoms with E-state index in [0.717, 1.165) is 11.3 Å². The Morgan fingerprint density at radius 1 is 1.46 bits per heavy atom. The molecule has 0 spiro atoms. The summed E-state index contributed by atoms with van der Waals surface area (Å²) >= 11 is 0. The van der Waals surface area contributed by atoms with Crippen LogP contribution in [-0.2, 0) is 11.2 Å². The monoisotopic (exact) mass is 175 g/mol. The zero-order valence-corrected chi connectivity index (χ0v) is 7.28. The van der Waals surface area contributed by atoms with E-state index in [-0.39, 0.29) is 5.78 Å². The van der Waals surface area contributed by atoms with E-state index in [4.69, 9.17) is 4.74 Å². The average Bonchev–Trinajstić information content (AvgIpc) is 2.16. The fraction of sp³-hybridized carbons (Fsp3) is 0.200. The SMILES string of the molecule is COc1cnc2c(c1)CC(=O)C=C2. The smallest absolute Gasteiger partial charge is 0.160 e. The van der Waals surface area contributed by atoms with Gasteiger partial charge in [0.15, 0.2) is 5.78 Å². The van der Waals surface area contributed by atoms with Crippen molar-refractivity contribution in [3.05, 3.63) is 29.6 Å². The van der Waals surface area contributed by atoms with Crippen molar-refractivity contribution >= 4 is 11.9 Å². The highest BCUT2D eigenvalue weighted by Gasteiger charge is 2.11. The molecule has 1 aromatic rings. The minimum Gasteiger partial charge on any atom is -0.495 e. The van der Waals surface area contributed by atoms with E-state index in [2.05, 4.69) is 4.98 Å². The third-order valence-electron chi connectivity index (χ3n) is 2.00. The van der Waals surface area contributed by atoms with Crippen LogP contribution in [0.1, 0.15) is 11.3 Å². The predicted molar refractivity (Wildman–Crippen MR) is 48.5 cm³/mol. The summed E-state index contributed by atoms with van der Waals surface area (Å²) in [5.74, 6) is 0.810. The minimum absolute atomic E-state index is 0.113. The molecule has 0 saturated heterocycles. The standard InChI is InChI=1S/C10H9NO2/c1-13-9-5-7-4-8(12)2-3-10(7)11-6-9/h2-3,5-6H,4H2,1H3. The molecule has 0 saturated carbocycles. The maximum atomic E-state index is 11.1. The number of carbonyl (C=O) groups is 1. The Morgan fingerprint density at radius 3 is 3.08 bits per heavy atom. The third-order valence-corrected chi connectivity index (χ3v) is 2.00. The van der Waals surface area contributed by atoms with E-state index < -0.39 is 0 Å². The summed E-state index contributed by atoms with van der Waals surface area (Å²) in [6, 6.07) is 1.85. The molecule has 0 aliphatic heterocycles. The first kappa shape index (κ1) is 7.98. The molecule has 0 amide bonds. The summed E-state index contributed by atoms with van der Waals surface area (Å²) in [4.78, 5) is 15.2. The van der Waals surface area contributed by atoms with Crippen molar-refractivity contribution in [1.82, 2.24) is 4.98 Å². The van der Waals surface area contributed by atoms with Crippen molar-refractivity contribution in [3.8, 4) is 5.75 Å². The summed E-state index contributed by atoms with van der Waals surface area (Å²) in [5.41, 5.74) is 1.80. The number of carbonyl (C=O) groups excluding carboxylic acids is 1. The van der Waals surface area contributed by atoms with Gasteiger partial charge in [0, 0.05) is 6.42 Å². The first-order valence-electron chi connectivity index (χ1n) is 4.03. The van der Waals surface area contributed by atoms with Crippen LogP contribution in [-0.4, -0.2) is 17.9 Å².